The van der Waals surface area contributed by atoms with Gasteiger partial charge in [0.05, 0.1) is 5.92 Å². The molecule has 2 aliphatic heterocycles. The largest absolute Gasteiger partial charge is 0.481 e. The van der Waals surface area contributed by atoms with Gasteiger partial charge in [-0.2, -0.15) is 11.8 Å². The van der Waals surface area contributed by atoms with Gasteiger partial charge in [0.1, 0.15) is 0 Å². The van der Waals surface area contributed by atoms with Crippen LogP contribution in [0, 0.1) is 11.8 Å². The van der Waals surface area contributed by atoms with Crippen LogP contribution < -0.4 is 0 Å². The number of hydrogen-bond acceptors (Lipinski definition) is 3. The van der Waals surface area contributed by atoms with Crippen LogP contribution in [0.5, 0.6) is 0 Å². The Hall–Kier alpha value is -0.910. The smallest absolute Gasteiger partial charge is 0.320 e. The maximum Gasteiger partial charge on any atom is 0.320 e. The molecule has 2 saturated heterocycles. The molecule has 2 unspecified atom stereocenters. The van der Waals surface area contributed by atoms with E-state index in [9.17, 15) is 9.59 Å². The lowest BCUT2D eigenvalue weighted by Crippen LogP contribution is -2.52. The van der Waals surface area contributed by atoms with Gasteiger partial charge in [0.25, 0.3) is 0 Å². The molecule has 2 aliphatic rings. The van der Waals surface area contributed by atoms with Crippen molar-refractivity contribution >= 4 is 23.8 Å². The first-order valence-corrected chi connectivity index (χ1v) is 7.58. The van der Waals surface area contributed by atoms with Crippen molar-refractivity contribution < 1.29 is 14.7 Å². The van der Waals surface area contributed by atoms with Gasteiger partial charge >= 0.3 is 12.0 Å². The monoisotopic (exact) mass is 272 g/mol. The zero-order chi connectivity index (χ0) is 13.1. The number of hydrogen-bond donors (Lipinski definition) is 1. The topological polar surface area (TPSA) is 60.9 Å². The van der Waals surface area contributed by atoms with Crippen molar-refractivity contribution in [2.75, 3.05) is 37.7 Å². The summed E-state index contributed by atoms with van der Waals surface area (Å²) in [4.78, 5) is 27.0. The molecular weight excluding hydrogens is 252 g/mol. The van der Waals surface area contributed by atoms with E-state index in [1.165, 1.54) is 0 Å². The minimum absolute atomic E-state index is 0.0214. The Morgan fingerprint density at radius 2 is 1.83 bits per heavy atom. The van der Waals surface area contributed by atoms with Crippen molar-refractivity contribution in [3.05, 3.63) is 0 Å². The van der Waals surface area contributed by atoms with Gasteiger partial charge in [-0.25, -0.2) is 4.79 Å². The van der Waals surface area contributed by atoms with E-state index < -0.39 is 11.9 Å². The number of aliphatic carboxylic acids is 1. The summed E-state index contributed by atoms with van der Waals surface area (Å²) in [7, 11) is 0. The number of carbonyl (C=O) groups excluding carboxylic acids is 1. The predicted octanol–water partition coefficient (Wildman–Crippen LogP) is 1.20. The zero-order valence-electron chi connectivity index (χ0n) is 10.7. The number of amides is 2. The molecule has 2 heterocycles. The Morgan fingerprint density at radius 1 is 1.17 bits per heavy atom. The summed E-state index contributed by atoms with van der Waals surface area (Å²) in [5.74, 6) is 1.04. The molecule has 18 heavy (non-hydrogen) atoms. The van der Waals surface area contributed by atoms with Crippen molar-refractivity contribution in [2.24, 2.45) is 11.8 Å². The molecule has 0 aliphatic carbocycles. The standard InChI is InChI=1S/C12H20N2O3S/c1-9-6-10(11(15)16)8-14(7-9)12(17)13-2-4-18-5-3-13/h9-10H,2-8H2,1H3,(H,15,16). The summed E-state index contributed by atoms with van der Waals surface area (Å²) in [5.41, 5.74) is 0. The van der Waals surface area contributed by atoms with Gasteiger partial charge in [0.2, 0.25) is 0 Å². The fourth-order valence-electron chi connectivity index (χ4n) is 2.64. The second kappa shape index (κ2) is 5.82. The molecule has 0 aromatic rings. The van der Waals surface area contributed by atoms with Gasteiger partial charge in [0, 0.05) is 37.7 Å². The lowest BCUT2D eigenvalue weighted by atomic mass is 9.91. The molecule has 0 aromatic carbocycles. The molecule has 102 valence electrons. The molecule has 0 spiro atoms. The Morgan fingerprint density at radius 3 is 2.44 bits per heavy atom. The molecule has 2 amide bonds. The summed E-state index contributed by atoms with van der Waals surface area (Å²) in [6.45, 7) is 4.63. The van der Waals surface area contributed by atoms with Crippen molar-refractivity contribution in [3.8, 4) is 0 Å². The van der Waals surface area contributed by atoms with Gasteiger partial charge in [-0.15, -0.1) is 0 Å². The Kier molecular flexibility index (Phi) is 4.37. The molecule has 0 aromatic heterocycles. The first-order valence-electron chi connectivity index (χ1n) is 6.42. The molecule has 1 N–H and O–H groups in total. The second-order valence-electron chi connectivity index (χ2n) is 5.16. The van der Waals surface area contributed by atoms with Gasteiger partial charge in [-0.05, 0) is 12.3 Å². The highest BCUT2D eigenvalue weighted by molar-refractivity contribution is 7.99. The van der Waals surface area contributed by atoms with Gasteiger partial charge < -0.3 is 14.9 Å². The summed E-state index contributed by atoms with van der Waals surface area (Å²) < 4.78 is 0. The maximum atomic E-state index is 12.3. The second-order valence-corrected chi connectivity index (χ2v) is 6.39. The lowest BCUT2D eigenvalue weighted by Gasteiger charge is -2.38. The number of rotatable bonds is 1. The molecule has 2 atom stereocenters. The normalized spacial score (nSPS) is 29.2. The van der Waals surface area contributed by atoms with Crippen molar-refractivity contribution in [2.45, 2.75) is 13.3 Å². The van der Waals surface area contributed by atoms with Crippen LogP contribution in [-0.2, 0) is 4.79 Å². The van der Waals surface area contributed by atoms with Crippen molar-refractivity contribution in [1.82, 2.24) is 9.80 Å². The van der Waals surface area contributed by atoms with E-state index in [4.69, 9.17) is 5.11 Å². The van der Waals surface area contributed by atoms with E-state index in [0.29, 0.717) is 19.5 Å². The molecule has 5 nitrogen and oxygen atoms in total. The highest BCUT2D eigenvalue weighted by Crippen LogP contribution is 2.23. The maximum absolute atomic E-state index is 12.3. The number of carboxylic acids is 1. The van der Waals surface area contributed by atoms with Crippen LogP contribution >= 0.6 is 11.8 Å². The van der Waals surface area contributed by atoms with E-state index in [1.54, 1.807) is 4.90 Å². The lowest BCUT2D eigenvalue weighted by molar-refractivity contribution is -0.143. The summed E-state index contributed by atoms with van der Waals surface area (Å²) >= 11 is 1.86. The van der Waals surface area contributed by atoms with E-state index in [1.807, 2.05) is 23.6 Å². The number of carbonyl (C=O) groups is 2. The predicted molar refractivity (Wildman–Crippen MR) is 70.8 cm³/mol. The van der Waals surface area contributed by atoms with Crippen LogP contribution in [0.15, 0.2) is 0 Å². The zero-order valence-corrected chi connectivity index (χ0v) is 11.5. The third kappa shape index (κ3) is 3.10. The SMILES string of the molecule is CC1CC(C(=O)O)CN(C(=O)N2CCSCC2)C1. The van der Waals surface area contributed by atoms with Gasteiger partial charge in [-0.1, -0.05) is 6.92 Å². The first kappa shape index (κ1) is 13.5. The number of carboxylic acid groups (broad SMARTS) is 1. The van der Waals surface area contributed by atoms with Gasteiger partial charge in [0.15, 0.2) is 0 Å². The van der Waals surface area contributed by atoms with Crippen LogP contribution in [0.4, 0.5) is 4.79 Å². The first-order chi connectivity index (χ1) is 8.58. The number of likely N-dealkylation sites (tertiary alicyclic amines) is 1. The molecule has 6 heteroatoms. The molecule has 0 radical (unpaired) electrons. The van der Waals surface area contributed by atoms with E-state index in [0.717, 1.165) is 24.6 Å². The average molecular weight is 272 g/mol. The third-order valence-corrected chi connectivity index (χ3v) is 4.50. The minimum atomic E-state index is -0.784. The van der Waals surface area contributed by atoms with Gasteiger partial charge in [-0.3, -0.25) is 4.79 Å². The molecular formula is C12H20N2O3S. The fourth-order valence-corrected chi connectivity index (χ4v) is 3.54. The van der Waals surface area contributed by atoms with Crippen molar-refractivity contribution in [1.29, 1.82) is 0 Å². The van der Waals surface area contributed by atoms with E-state index in [2.05, 4.69) is 0 Å². The molecule has 2 fully saturated rings. The van der Waals surface area contributed by atoms with Crippen LogP contribution in [0.3, 0.4) is 0 Å². The third-order valence-electron chi connectivity index (χ3n) is 3.56. The molecule has 2 rings (SSSR count). The van der Waals surface area contributed by atoms with Crippen LogP contribution in [0.2, 0.25) is 0 Å². The number of thioether (sulfide) groups is 1. The van der Waals surface area contributed by atoms with E-state index in [-0.39, 0.29) is 11.9 Å². The number of urea groups is 1. The molecule has 0 bridgehead atoms. The van der Waals surface area contributed by atoms with Crippen LogP contribution in [0.25, 0.3) is 0 Å². The van der Waals surface area contributed by atoms with Crippen molar-refractivity contribution in [3.63, 3.8) is 0 Å². The Bertz CT molecular complexity index is 331. The summed E-state index contributed by atoms with van der Waals surface area (Å²) in [5, 5.41) is 9.11. The number of piperidine rings is 1. The summed E-state index contributed by atoms with van der Waals surface area (Å²) in [6, 6.07) is 0.0214. The Labute approximate surface area is 112 Å². The van der Waals surface area contributed by atoms with Crippen LogP contribution in [-0.4, -0.2) is 64.6 Å². The Balaban J connectivity index is 1.98. The fraction of sp³-hybridized carbons (Fsp3) is 0.833. The average Bonchev–Trinajstić information content (AvgIpc) is 2.38. The molecule has 0 saturated carbocycles. The van der Waals surface area contributed by atoms with E-state index >= 15 is 0 Å². The highest BCUT2D eigenvalue weighted by atomic mass is 32.2. The highest BCUT2D eigenvalue weighted by Gasteiger charge is 2.33. The quantitative estimate of drug-likeness (QED) is 0.779. The number of nitrogens with zero attached hydrogens (tertiary/aromatic N) is 2. The minimum Gasteiger partial charge on any atom is -0.481 e. The van der Waals surface area contributed by atoms with Crippen LogP contribution in [0.1, 0.15) is 13.3 Å². The summed E-state index contributed by atoms with van der Waals surface area (Å²) in [6.07, 6.45) is 0.676.